The Hall–Kier alpha value is -4.21. The predicted molar refractivity (Wildman–Crippen MR) is 118 cm³/mol. The molecule has 4 rings (SSSR count). The number of hydrogen-bond acceptors (Lipinski definition) is 5. The number of nitro groups is 1. The number of carbonyl (C=O) groups is 2. The van der Waals surface area contributed by atoms with Crippen LogP contribution in [0.4, 0.5) is 16.2 Å². The fraction of sp³-hybridized carbons (Fsp3) is 0.227. The number of nitro benzene ring substituents is 1. The number of nitrogens with zero attached hydrogens (tertiary/aromatic N) is 5. The SMILES string of the molecule is Cc1cccc(NC(=O)N2CCN(C(=O)c3ccn(-c4ccc([N+](=O)[O-])cc4)n3)CC2)c1. The summed E-state index contributed by atoms with van der Waals surface area (Å²) in [4.78, 5) is 39.0. The highest BCUT2D eigenvalue weighted by molar-refractivity contribution is 5.93. The summed E-state index contributed by atoms with van der Waals surface area (Å²) in [5, 5.41) is 18.0. The summed E-state index contributed by atoms with van der Waals surface area (Å²) in [6.45, 7) is 3.62. The van der Waals surface area contributed by atoms with Gasteiger partial charge in [0.1, 0.15) is 0 Å². The van der Waals surface area contributed by atoms with Crippen molar-refractivity contribution in [1.29, 1.82) is 0 Å². The van der Waals surface area contributed by atoms with E-state index in [2.05, 4.69) is 10.4 Å². The van der Waals surface area contributed by atoms with Crippen LogP contribution in [0.25, 0.3) is 5.69 Å². The third-order valence-corrected chi connectivity index (χ3v) is 5.26. The minimum absolute atomic E-state index is 0.0125. The molecule has 0 radical (unpaired) electrons. The molecule has 164 valence electrons. The summed E-state index contributed by atoms with van der Waals surface area (Å²) >= 11 is 0. The smallest absolute Gasteiger partial charge is 0.321 e. The Balaban J connectivity index is 1.34. The third-order valence-electron chi connectivity index (χ3n) is 5.26. The van der Waals surface area contributed by atoms with Crippen LogP contribution in [0, 0.1) is 17.0 Å². The van der Waals surface area contributed by atoms with E-state index in [0.29, 0.717) is 31.9 Å². The van der Waals surface area contributed by atoms with E-state index in [1.54, 1.807) is 34.2 Å². The molecule has 1 fully saturated rings. The van der Waals surface area contributed by atoms with E-state index in [9.17, 15) is 19.7 Å². The molecule has 10 nitrogen and oxygen atoms in total. The van der Waals surface area contributed by atoms with Crippen molar-refractivity contribution < 1.29 is 14.5 Å². The molecule has 3 aromatic rings. The van der Waals surface area contributed by atoms with Crippen molar-refractivity contribution in [2.45, 2.75) is 6.92 Å². The van der Waals surface area contributed by atoms with Gasteiger partial charge in [0, 0.05) is 50.2 Å². The summed E-state index contributed by atoms with van der Waals surface area (Å²) in [6.07, 6.45) is 1.64. The minimum Gasteiger partial charge on any atom is -0.334 e. The molecule has 0 unspecified atom stereocenters. The Morgan fingerprint density at radius 1 is 1.00 bits per heavy atom. The van der Waals surface area contributed by atoms with E-state index in [-0.39, 0.29) is 23.3 Å². The molecule has 1 saturated heterocycles. The van der Waals surface area contributed by atoms with Crippen LogP contribution in [0.15, 0.2) is 60.8 Å². The summed E-state index contributed by atoms with van der Waals surface area (Å²) in [5.74, 6) is -0.218. The lowest BCUT2D eigenvalue weighted by Gasteiger charge is -2.34. The summed E-state index contributed by atoms with van der Waals surface area (Å²) in [7, 11) is 0. The Kier molecular flexibility index (Phi) is 5.84. The Labute approximate surface area is 184 Å². The number of piperazine rings is 1. The first-order valence-electron chi connectivity index (χ1n) is 10.1. The van der Waals surface area contributed by atoms with Gasteiger partial charge in [-0.2, -0.15) is 5.10 Å². The Morgan fingerprint density at radius 2 is 1.69 bits per heavy atom. The maximum Gasteiger partial charge on any atom is 0.321 e. The highest BCUT2D eigenvalue weighted by Gasteiger charge is 2.26. The van der Waals surface area contributed by atoms with Crippen LogP contribution in [-0.4, -0.2) is 62.6 Å². The van der Waals surface area contributed by atoms with E-state index < -0.39 is 4.92 Å². The molecule has 1 aliphatic rings. The van der Waals surface area contributed by atoms with Gasteiger partial charge in [-0.05, 0) is 42.8 Å². The first kappa shape index (κ1) is 21.0. The van der Waals surface area contributed by atoms with Crippen LogP contribution < -0.4 is 5.32 Å². The van der Waals surface area contributed by atoms with Crippen molar-refractivity contribution >= 4 is 23.3 Å². The van der Waals surface area contributed by atoms with E-state index in [1.807, 2.05) is 31.2 Å². The largest absolute Gasteiger partial charge is 0.334 e. The van der Waals surface area contributed by atoms with E-state index >= 15 is 0 Å². The topological polar surface area (TPSA) is 114 Å². The lowest BCUT2D eigenvalue weighted by molar-refractivity contribution is -0.384. The van der Waals surface area contributed by atoms with Crippen LogP contribution in [0.3, 0.4) is 0 Å². The standard InChI is InChI=1S/C22H22N6O4/c1-16-3-2-4-17(15-16)23-22(30)26-13-11-25(12-14-26)21(29)20-9-10-27(24-20)18-5-7-19(8-6-18)28(31)32/h2-10,15H,11-14H2,1H3,(H,23,30). The van der Waals surface area contributed by atoms with Gasteiger partial charge in [0.25, 0.3) is 11.6 Å². The molecule has 0 spiro atoms. The van der Waals surface area contributed by atoms with Crippen LogP contribution in [0.5, 0.6) is 0 Å². The number of urea groups is 1. The average molecular weight is 434 g/mol. The highest BCUT2D eigenvalue weighted by Crippen LogP contribution is 2.16. The fourth-order valence-electron chi connectivity index (χ4n) is 3.51. The summed E-state index contributed by atoms with van der Waals surface area (Å²) < 4.78 is 1.50. The first-order valence-corrected chi connectivity index (χ1v) is 10.1. The molecule has 2 aromatic carbocycles. The van der Waals surface area contributed by atoms with Gasteiger partial charge in [0.2, 0.25) is 0 Å². The molecule has 1 N–H and O–H groups in total. The van der Waals surface area contributed by atoms with Gasteiger partial charge < -0.3 is 15.1 Å². The zero-order valence-corrected chi connectivity index (χ0v) is 17.5. The maximum absolute atomic E-state index is 12.8. The Morgan fingerprint density at radius 3 is 2.34 bits per heavy atom. The van der Waals surface area contributed by atoms with Crippen molar-refractivity contribution in [1.82, 2.24) is 19.6 Å². The van der Waals surface area contributed by atoms with Crippen molar-refractivity contribution in [3.63, 3.8) is 0 Å². The van der Waals surface area contributed by atoms with Crippen molar-refractivity contribution in [3.05, 3.63) is 82.2 Å². The second kappa shape index (κ2) is 8.88. The van der Waals surface area contributed by atoms with Gasteiger partial charge in [0.05, 0.1) is 10.6 Å². The van der Waals surface area contributed by atoms with Gasteiger partial charge >= 0.3 is 6.03 Å². The molecule has 0 aliphatic carbocycles. The number of aromatic nitrogens is 2. The zero-order chi connectivity index (χ0) is 22.7. The van der Waals surface area contributed by atoms with Crippen LogP contribution in [0.2, 0.25) is 0 Å². The molecule has 1 aromatic heterocycles. The van der Waals surface area contributed by atoms with E-state index in [4.69, 9.17) is 0 Å². The lowest BCUT2D eigenvalue weighted by atomic mass is 10.2. The maximum atomic E-state index is 12.8. The van der Waals surface area contributed by atoms with Crippen LogP contribution in [0.1, 0.15) is 16.1 Å². The van der Waals surface area contributed by atoms with Gasteiger partial charge in [-0.15, -0.1) is 0 Å². The number of aryl methyl sites for hydroxylation is 1. The molecule has 0 bridgehead atoms. The fourth-order valence-corrected chi connectivity index (χ4v) is 3.51. The molecule has 32 heavy (non-hydrogen) atoms. The molecule has 10 heteroatoms. The molecule has 0 atom stereocenters. The van der Waals surface area contributed by atoms with Crippen molar-refractivity contribution in [2.75, 3.05) is 31.5 Å². The third kappa shape index (κ3) is 4.59. The molecule has 1 aliphatic heterocycles. The number of carbonyl (C=O) groups excluding carboxylic acids is 2. The van der Waals surface area contributed by atoms with Crippen molar-refractivity contribution in [3.8, 4) is 5.69 Å². The molecule has 3 amide bonds. The quantitative estimate of drug-likeness (QED) is 0.501. The molecule has 2 heterocycles. The number of amides is 3. The number of non-ortho nitro benzene ring substituents is 1. The monoisotopic (exact) mass is 434 g/mol. The zero-order valence-electron chi connectivity index (χ0n) is 17.5. The molecular weight excluding hydrogens is 412 g/mol. The van der Waals surface area contributed by atoms with Crippen LogP contribution >= 0.6 is 0 Å². The van der Waals surface area contributed by atoms with Crippen LogP contribution in [-0.2, 0) is 0 Å². The van der Waals surface area contributed by atoms with E-state index in [1.165, 1.54) is 16.8 Å². The van der Waals surface area contributed by atoms with Gasteiger partial charge in [0.15, 0.2) is 5.69 Å². The second-order valence-electron chi connectivity index (χ2n) is 7.50. The number of rotatable bonds is 4. The summed E-state index contributed by atoms with van der Waals surface area (Å²) in [5.41, 5.74) is 2.69. The predicted octanol–water partition coefficient (Wildman–Crippen LogP) is 3.08. The Bertz CT molecular complexity index is 1150. The molecular formula is C22H22N6O4. The number of benzene rings is 2. The number of hydrogen-bond donors (Lipinski definition) is 1. The van der Waals surface area contributed by atoms with Gasteiger partial charge in [-0.1, -0.05) is 12.1 Å². The number of nitrogens with one attached hydrogen (secondary N) is 1. The van der Waals surface area contributed by atoms with Crippen molar-refractivity contribution in [2.24, 2.45) is 0 Å². The van der Waals surface area contributed by atoms with E-state index in [0.717, 1.165) is 11.3 Å². The second-order valence-corrected chi connectivity index (χ2v) is 7.50. The molecule has 0 saturated carbocycles. The summed E-state index contributed by atoms with van der Waals surface area (Å²) in [6, 6.07) is 14.9. The van der Waals surface area contributed by atoms with Gasteiger partial charge in [-0.3, -0.25) is 14.9 Å². The highest BCUT2D eigenvalue weighted by atomic mass is 16.6. The van der Waals surface area contributed by atoms with Gasteiger partial charge in [-0.25, -0.2) is 9.48 Å². The number of anilines is 1. The normalized spacial score (nSPS) is 13.7. The first-order chi connectivity index (χ1) is 15.4. The lowest BCUT2D eigenvalue weighted by Crippen LogP contribution is -2.51. The minimum atomic E-state index is -0.470. The average Bonchev–Trinajstić information content (AvgIpc) is 3.29.